The monoisotopic (exact) mass is 361 g/mol. The van der Waals surface area contributed by atoms with E-state index in [4.69, 9.17) is 16.3 Å². The molecule has 0 aliphatic carbocycles. The summed E-state index contributed by atoms with van der Waals surface area (Å²) < 4.78 is 4.96. The van der Waals surface area contributed by atoms with Gasteiger partial charge in [-0.2, -0.15) is 5.10 Å². The van der Waals surface area contributed by atoms with Gasteiger partial charge in [0.1, 0.15) is 0 Å². The first-order valence-corrected chi connectivity index (χ1v) is 7.56. The Morgan fingerprint density at radius 3 is 2.64 bits per heavy atom. The van der Waals surface area contributed by atoms with Gasteiger partial charge in [0.05, 0.1) is 18.3 Å². The molecule has 25 heavy (non-hydrogen) atoms. The summed E-state index contributed by atoms with van der Waals surface area (Å²) >= 11 is 5.85. The second-order valence-corrected chi connectivity index (χ2v) is 5.43. The lowest BCUT2D eigenvalue weighted by atomic mass is 10.2. The lowest BCUT2D eigenvalue weighted by Gasteiger charge is -2.07. The van der Waals surface area contributed by atoms with Gasteiger partial charge < -0.3 is 15.2 Å². The highest BCUT2D eigenvalue weighted by molar-refractivity contribution is 6.39. The quantitative estimate of drug-likeness (QED) is 0.442. The maximum absolute atomic E-state index is 11.8. The van der Waals surface area contributed by atoms with Gasteiger partial charge in [0.15, 0.2) is 11.5 Å². The molecule has 0 aromatic heterocycles. The molecular weight excluding hydrogens is 346 g/mol. The molecule has 8 heteroatoms. The number of hydrogen-bond acceptors (Lipinski definition) is 5. The van der Waals surface area contributed by atoms with Gasteiger partial charge in [-0.15, -0.1) is 0 Å². The predicted octanol–water partition coefficient (Wildman–Crippen LogP) is 2.45. The molecule has 0 bridgehead atoms. The molecule has 3 N–H and O–H groups in total. The summed E-state index contributed by atoms with van der Waals surface area (Å²) in [4.78, 5) is 23.6. The molecule has 130 valence electrons. The van der Waals surface area contributed by atoms with Crippen molar-refractivity contribution < 1.29 is 19.4 Å². The fraction of sp³-hybridized carbons (Fsp3) is 0.118. The predicted molar refractivity (Wildman–Crippen MR) is 95.2 cm³/mol. The molecule has 2 aromatic rings. The highest BCUT2D eigenvalue weighted by Gasteiger charge is 2.14. The van der Waals surface area contributed by atoms with Crippen LogP contribution in [0.25, 0.3) is 0 Å². The van der Waals surface area contributed by atoms with Gasteiger partial charge in [-0.3, -0.25) is 9.59 Å². The third-order valence-electron chi connectivity index (χ3n) is 3.25. The van der Waals surface area contributed by atoms with E-state index >= 15 is 0 Å². The van der Waals surface area contributed by atoms with Crippen molar-refractivity contribution >= 4 is 35.3 Å². The van der Waals surface area contributed by atoms with Crippen molar-refractivity contribution in [1.82, 2.24) is 5.43 Å². The minimum atomic E-state index is -0.920. The zero-order valence-electron chi connectivity index (χ0n) is 13.5. The van der Waals surface area contributed by atoms with Gasteiger partial charge in [-0.25, -0.2) is 5.43 Å². The van der Waals surface area contributed by atoms with Crippen LogP contribution in [-0.2, 0) is 9.59 Å². The number of hydrazone groups is 1. The molecule has 0 aliphatic rings. The Morgan fingerprint density at radius 2 is 1.96 bits per heavy atom. The lowest BCUT2D eigenvalue weighted by molar-refractivity contribution is -0.136. The molecule has 0 saturated heterocycles. The van der Waals surface area contributed by atoms with Gasteiger partial charge in [-0.1, -0.05) is 29.8 Å². The molecule has 0 heterocycles. The van der Waals surface area contributed by atoms with E-state index in [0.29, 0.717) is 11.3 Å². The number of hydrogen-bond donors (Lipinski definition) is 3. The maximum atomic E-state index is 11.8. The molecule has 0 radical (unpaired) electrons. The number of nitrogens with one attached hydrogen (secondary N) is 2. The lowest BCUT2D eigenvalue weighted by Crippen LogP contribution is -2.32. The smallest absolute Gasteiger partial charge is 0.329 e. The Hall–Kier alpha value is -3.06. The van der Waals surface area contributed by atoms with Crippen LogP contribution in [0.5, 0.6) is 11.5 Å². The zero-order chi connectivity index (χ0) is 18.4. The molecule has 2 rings (SSSR count). The molecule has 2 amide bonds. The second-order valence-electron chi connectivity index (χ2n) is 5.02. The Balaban J connectivity index is 1.99. The SMILES string of the molecule is COc1cc(/C=N\NC(=O)C(=O)Nc2ccccc2C)cc(Cl)c1O. The average molecular weight is 362 g/mol. The van der Waals surface area contributed by atoms with E-state index in [1.54, 1.807) is 12.1 Å². The third-order valence-corrected chi connectivity index (χ3v) is 3.54. The second kappa shape index (κ2) is 8.16. The molecule has 7 nitrogen and oxygen atoms in total. The van der Waals surface area contributed by atoms with E-state index in [9.17, 15) is 14.7 Å². The standard InChI is InChI=1S/C17H16ClN3O4/c1-10-5-3-4-6-13(10)20-16(23)17(24)21-19-9-11-7-12(18)15(22)14(8-11)25-2/h3-9,22H,1-2H3,(H,20,23)(H,21,24)/b19-9-. The number of methoxy groups -OCH3 is 1. The van der Waals surface area contributed by atoms with Crippen LogP contribution >= 0.6 is 11.6 Å². The van der Waals surface area contributed by atoms with Crippen molar-refractivity contribution in [3.05, 3.63) is 52.5 Å². The van der Waals surface area contributed by atoms with Gasteiger partial charge in [0.2, 0.25) is 0 Å². The Labute approximate surface area is 149 Å². The van der Waals surface area contributed by atoms with Crippen molar-refractivity contribution in [1.29, 1.82) is 0 Å². The van der Waals surface area contributed by atoms with E-state index in [1.165, 1.54) is 25.5 Å². The number of ether oxygens (including phenoxy) is 1. The van der Waals surface area contributed by atoms with Crippen molar-refractivity contribution in [2.24, 2.45) is 5.10 Å². The van der Waals surface area contributed by atoms with Gasteiger partial charge in [0, 0.05) is 5.69 Å². The van der Waals surface area contributed by atoms with Crippen molar-refractivity contribution in [2.75, 3.05) is 12.4 Å². The number of aryl methyl sites for hydroxylation is 1. The van der Waals surface area contributed by atoms with Crippen LogP contribution in [0.4, 0.5) is 5.69 Å². The van der Waals surface area contributed by atoms with Crippen LogP contribution in [0.2, 0.25) is 5.02 Å². The number of amides is 2. The van der Waals surface area contributed by atoms with Gasteiger partial charge in [-0.05, 0) is 36.2 Å². The summed E-state index contributed by atoms with van der Waals surface area (Å²) in [6.45, 7) is 1.81. The Bertz CT molecular complexity index is 837. The number of carbonyl (C=O) groups excluding carboxylic acids is 2. The van der Waals surface area contributed by atoms with Crippen molar-refractivity contribution in [3.63, 3.8) is 0 Å². The molecule has 0 unspecified atom stereocenters. The summed E-state index contributed by atoms with van der Waals surface area (Å²) in [6, 6.07) is 9.99. The van der Waals surface area contributed by atoms with E-state index in [1.807, 2.05) is 19.1 Å². The Kier molecular flexibility index (Phi) is 5.97. The van der Waals surface area contributed by atoms with Crippen LogP contribution in [0.15, 0.2) is 41.5 Å². The number of para-hydroxylation sites is 1. The highest BCUT2D eigenvalue weighted by Crippen LogP contribution is 2.34. The van der Waals surface area contributed by atoms with Crippen molar-refractivity contribution in [3.8, 4) is 11.5 Å². The number of phenols is 1. The van der Waals surface area contributed by atoms with Crippen LogP contribution < -0.4 is 15.5 Å². The minimum absolute atomic E-state index is 0.0735. The summed E-state index contributed by atoms with van der Waals surface area (Å²) in [6.07, 6.45) is 1.27. The third kappa shape index (κ3) is 4.71. The molecule has 0 spiro atoms. The molecule has 0 fully saturated rings. The first kappa shape index (κ1) is 18.3. The van der Waals surface area contributed by atoms with E-state index in [0.717, 1.165) is 5.56 Å². The summed E-state index contributed by atoms with van der Waals surface area (Å²) in [7, 11) is 1.38. The molecule has 0 atom stereocenters. The minimum Gasteiger partial charge on any atom is -0.503 e. The number of anilines is 1. The topological polar surface area (TPSA) is 100 Å². The first-order chi connectivity index (χ1) is 11.9. The van der Waals surface area contributed by atoms with E-state index in [2.05, 4.69) is 15.8 Å². The zero-order valence-corrected chi connectivity index (χ0v) is 14.3. The van der Waals surface area contributed by atoms with E-state index in [-0.39, 0.29) is 16.5 Å². The Morgan fingerprint density at radius 1 is 1.24 bits per heavy atom. The molecular formula is C17H16ClN3O4. The molecule has 0 saturated carbocycles. The first-order valence-electron chi connectivity index (χ1n) is 7.19. The number of benzene rings is 2. The molecule has 2 aromatic carbocycles. The number of carbonyl (C=O) groups is 2. The van der Waals surface area contributed by atoms with Crippen LogP contribution in [0.1, 0.15) is 11.1 Å². The van der Waals surface area contributed by atoms with Gasteiger partial charge >= 0.3 is 11.8 Å². The van der Waals surface area contributed by atoms with Crippen LogP contribution in [0.3, 0.4) is 0 Å². The normalized spacial score (nSPS) is 10.5. The number of aromatic hydroxyl groups is 1. The number of nitrogens with zero attached hydrogens (tertiary/aromatic N) is 1. The summed E-state index contributed by atoms with van der Waals surface area (Å²) in [5, 5.41) is 15.9. The largest absolute Gasteiger partial charge is 0.503 e. The highest BCUT2D eigenvalue weighted by atomic mass is 35.5. The molecule has 0 aliphatic heterocycles. The van der Waals surface area contributed by atoms with Gasteiger partial charge in [0.25, 0.3) is 0 Å². The van der Waals surface area contributed by atoms with Crippen molar-refractivity contribution in [2.45, 2.75) is 6.92 Å². The fourth-order valence-electron chi connectivity index (χ4n) is 1.93. The van der Waals surface area contributed by atoms with Crippen LogP contribution in [0, 0.1) is 6.92 Å². The maximum Gasteiger partial charge on any atom is 0.329 e. The number of halogens is 1. The van der Waals surface area contributed by atoms with Crippen LogP contribution in [-0.4, -0.2) is 30.2 Å². The average Bonchev–Trinajstić information content (AvgIpc) is 2.59. The van der Waals surface area contributed by atoms with E-state index < -0.39 is 11.8 Å². The fourth-order valence-corrected chi connectivity index (χ4v) is 2.15. The summed E-state index contributed by atoms with van der Waals surface area (Å²) in [5.41, 5.74) is 3.96. The summed E-state index contributed by atoms with van der Waals surface area (Å²) in [5.74, 6) is -1.79. The number of rotatable bonds is 4. The number of phenolic OH excluding ortho intramolecular Hbond substituents is 1.